The van der Waals surface area contributed by atoms with E-state index in [2.05, 4.69) is 9.88 Å². The fourth-order valence-electron chi connectivity index (χ4n) is 2.78. The highest BCUT2D eigenvalue weighted by atomic mass is 19.1. The zero-order chi connectivity index (χ0) is 14.7. The van der Waals surface area contributed by atoms with Gasteiger partial charge in [0, 0.05) is 19.0 Å². The van der Waals surface area contributed by atoms with E-state index < -0.39 is 11.9 Å². The molecule has 0 bridgehead atoms. The summed E-state index contributed by atoms with van der Waals surface area (Å²) in [6.07, 6.45) is 1.15. The highest BCUT2D eigenvalue weighted by molar-refractivity contribution is 5.09. The molecule has 4 unspecified atom stereocenters. The molecule has 4 atom stereocenters. The number of halogens is 1. The number of likely N-dealkylation sites (tertiary alicyclic amines) is 1. The van der Waals surface area contributed by atoms with Crippen LogP contribution in [0, 0.1) is 17.7 Å². The third-order valence-corrected chi connectivity index (χ3v) is 4.13. The topological polar surface area (TPSA) is 56.6 Å². The molecular weight excluding hydrogens is 259 g/mol. The molecule has 1 aromatic heterocycles. The van der Waals surface area contributed by atoms with Crippen molar-refractivity contribution in [2.45, 2.75) is 32.5 Å². The van der Waals surface area contributed by atoms with Gasteiger partial charge in [-0.1, -0.05) is 6.92 Å². The van der Waals surface area contributed by atoms with Gasteiger partial charge in [-0.3, -0.25) is 4.98 Å². The fraction of sp³-hybridized carbons (Fsp3) is 0.667. The Balaban J connectivity index is 1.88. The van der Waals surface area contributed by atoms with Crippen molar-refractivity contribution in [2.24, 2.45) is 11.8 Å². The number of rotatable bonds is 5. The third kappa shape index (κ3) is 3.75. The Hall–Kier alpha value is -1.04. The van der Waals surface area contributed by atoms with Crippen molar-refractivity contribution in [2.75, 3.05) is 19.6 Å². The van der Waals surface area contributed by atoms with Crippen molar-refractivity contribution in [3.63, 3.8) is 0 Å². The molecule has 4 nitrogen and oxygen atoms in total. The Morgan fingerprint density at radius 3 is 2.70 bits per heavy atom. The van der Waals surface area contributed by atoms with Crippen molar-refractivity contribution in [3.8, 4) is 0 Å². The molecule has 0 radical (unpaired) electrons. The molecule has 0 amide bonds. The maximum absolute atomic E-state index is 12.8. The number of hydrogen-bond donors (Lipinski definition) is 2. The number of pyridine rings is 1. The maximum atomic E-state index is 12.8. The van der Waals surface area contributed by atoms with Gasteiger partial charge in [0.1, 0.15) is 5.82 Å². The molecule has 0 spiro atoms. The monoisotopic (exact) mass is 282 g/mol. The van der Waals surface area contributed by atoms with Crippen molar-refractivity contribution >= 4 is 0 Å². The van der Waals surface area contributed by atoms with Gasteiger partial charge >= 0.3 is 0 Å². The SMILES string of the molecule is CC(O)C1CCN(CC(C)C(O)c2ccc(F)cn2)C1. The zero-order valence-corrected chi connectivity index (χ0v) is 12.0. The average Bonchev–Trinajstić information content (AvgIpc) is 2.87. The van der Waals surface area contributed by atoms with Crippen LogP contribution in [-0.4, -0.2) is 45.8 Å². The Morgan fingerprint density at radius 2 is 2.15 bits per heavy atom. The molecule has 20 heavy (non-hydrogen) atoms. The quantitative estimate of drug-likeness (QED) is 0.861. The summed E-state index contributed by atoms with van der Waals surface area (Å²) >= 11 is 0. The molecule has 0 aliphatic carbocycles. The number of nitrogens with zero attached hydrogens (tertiary/aromatic N) is 2. The number of hydrogen-bond acceptors (Lipinski definition) is 4. The minimum Gasteiger partial charge on any atom is -0.393 e. The largest absolute Gasteiger partial charge is 0.393 e. The molecule has 1 aliphatic rings. The van der Waals surface area contributed by atoms with Gasteiger partial charge in [0.15, 0.2) is 0 Å². The summed E-state index contributed by atoms with van der Waals surface area (Å²) in [5, 5.41) is 19.9. The Labute approximate surface area is 119 Å². The van der Waals surface area contributed by atoms with Crippen LogP contribution in [0.4, 0.5) is 4.39 Å². The number of aliphatic hydroxyl groups excluding tert-OH is 2. The number of aliphatic hydroxyl groups is 2. The summed E-state index contributed by atoms with van der Waals surface area (Å²) in [4.78, 5) is 6.19. The van der Waals surface area contributed by atoms with Crippen LogP contribution in [0.5, 0.6) is 0 Å². The van der Waals surface area contributed by atoms with Gasteiger partial charge in [-0.25, -0.2) is 4.39 Å². The first-order valence-corrected chi connectivity index (χ1v) is 7.17. The molecule has 1 fully saturated rings. The first-order chi connectivity index (χ1) is 9.47. The Kier molecular flexibility index (Phi) is 5.07. The summed E-state index contributed by atoms with van der Waals surface area (Å²) in [7, 11) is 0. The van der Waals surface area contributed by atoms with Crippen LogP contribution in [0.15, 0.2) is 18.3 Å². The highest BCUT2D eigenvalue weighted by Crippen LogP contribution is 2.25. The van der Waals surface area contributed by atoms with E-state index in [0.29, 0.717) is 11.6 Å². The summed E-state index contributed by atoms with van der Waals surface area (Å²) in [5.74, 6) is -0.0584. The van der Waals surface area contributed by atoms with E-state index in [9.17, 15) is 14.6 Å². The van der Waals surface area contributed by atoms with Crippen LogP contribution in [0.2, 0.25) is 0 Å². The minimum atomic E-state index is -0.693. The van der Waals surface area contributed by atoms with Crippen molar-refractivity contribution < 1.29 is 14.6 Å². The maximum Gasteiger partial charge on any atom is 0.141 e. The molecule has 2 rings (SSSR count). The summed E-state index contributed by atoms with van der Waals surface area (Å²) in [6.45, 7) is 6.36. The van der Waals surface area contributed by atoms with Crippen LogP contribution in [0.1, 0.15) is 32.1 Å². The van der Waals surface area contributed by atoms with E-state index in [1.54, 1.807) is 0 Å². The summed E-state index contributed by atoms with van der Waals surface area (Å²) < 4.78 is 12.8. The van der Waals surface area contributed by atoms with Crippen LogP contribution in [0.3, 0.4) is 0 Å². The summed E-state index contributed by atoms with van der Waals surface area (Å²) in [5.41, 5.74) is 0.505. The second-order valence-electron chi connectivity index (χ2n) is 5.87. The van der Waals surface area contributed by atoms with E-state index in [1.165, 1.54) is 12.1 Å². The molecule has 5 heteroatoms. The van der Waals surface area contributed by atoms with E-state index in [4.69, 9.17) is 0 Å². The number of aromatic nitrogens is 1. The van der Waals surface area contributed by atoms with Gasteiger partial charge < -0.3 is 15.1 Å². The third-order valence-electron chi connectivity index (χ3n) is 4.13. The van der Waals surface area contributed by atoms with Gasteiger partial charge in [-0.2, -0.15) is 0 Å². The molecule has 1 aromatic rings. The Bertz CT molecular complexity index is 424. The van der Waals surface area contributed by atoms with Crippen LogP contribution >= 0.6 is 0 Å². The molecule has 1 saturated heterocycles. The van der Waals surface area contributed by atoms with E-state index in [1.807, 2.05) is 13.8 Å². The molecule has 0 aromatic carbocycles. The molecular formula is C15H23FN2O2. The van der Waals surface area contributed by atoms with Gasteiger partial charge in [0.25, 0.3) is 0 Å². The van der Waals surface area contributed by atoms with E-state index in [-0.39, 0.29) is 12.0 Å². The lowest BCUT2D eigenvalue weighted by molar-refractivity contribution is 0.0846. The predicted octanol–water partition coefficient (Wildman–Crippen LogP) is 1.59. The fourth-order valence-corrected chi connectivity index (χ4v) is 2.78. The average molecular weight is 282 g/mol. The molecule has 2 heterocycles. The van der Waals surface area contributed by atoms with Gasteiger partial charge in [0.2, 0.25) is 0 Å². The highest BCUT2D eigenvalue weighted by Gasteiger charge is 2.28. The van der Waals surface area contributed by atoms with E-state index >= 15 is 0 Å². The molecule has 0 saturated carbocycles. The van der Waals surface area contributed by atoms with Crippen LogP contribution in [-0.2, 0) is 0 Å². The first kappa shape index (κ1) is 15.4. The van der Waals surface area contributed by atoms with Crippen LogP contribution < -0.4 is 0 Å². The standard InChI is InChI=1S/C15H23FN2O2/c1-10(8-18-6-5-12(9-18)11(2)19)15(20)14-4-3-13(16)7-17-14/h3-4,7,10-12,15,19-20H,5-6,8-9H2,1-2H3. The predicted molar refractivity (Wildman–Crippen MR) is 74.5 cm³/mol. The van der Waals surface area contributed by atoms with Crippen molar-refractivity contribution in [1.29, 1.82) is 0 Å². The normalized spacial score (nSPS) is 24.6. The smallest absolute Gasteiger partial charge is 0.141 e. The first-order valence-electron chi connectivity index (χ1n) is 7.17. The Morgan fingerprint density at radius 1 is 1.40 bits per heavy atom. The van der Waals surface area contributed by atoms with Crippen molar-refractivity contribution in [1.82, 2.24) is 9.88 Å². The molecule has 2 N–H and O–H groups in total. The lowest BCUT2D eigenvalue weighted by Gasteiger charge is -2.24. The van der Waals surface area contributed by atoms with Crippen molar-refractivity contribution in [3.05, 3.63) is 29.8 Å². The lowest BCUT2D eigenvalue weighted by Crippen LogP contribution is -2.30. The minimum absolute atomic E-state index is 0.0145. The molecule has 112 valence electrons. The van der Waals surface area contributed by atoms with Gasteiger partial charge in [-0.15, -0.1) is 0 Å². The van der Waals surface area contributed by atoms with Gasteiger partial charge in [-0.05, 0) is 37.9 Å². The van der Waals surface area contributed by atoms with E-state index in [0.717, 1.165) is 32.3 Å². The zero-order valence-electron chi connectivity index (χ0n) is 12.0. The second-order valence-corrected chi connectivity index (χ2v) is 5.87. The van der Waals surface area contributed by atoms with Gasteiger partial charge in [0.05, 0.1) is 24.1 Å². The summed E-state index contributed by atoms with van der Waals surface area (Å²) in [6, 6.07) is 2.84. The van der Waals surface area contributed by atoms with Crippen LogP contribution in [0.25, 0.3) is 0 Å². The molecule has 1 aliphatic heterocycles. The second kappa shape index (κ2) is 6.61. The lowest BCUT2D eigenvalue weighted by atomic mass is 10.0.